The third-order valence-corrected chi connectivity index (χ3v) is 4.06. The minimum absolute atomic E-state index is 0.0224. The van der Waals surface area contributed by atoms with E-state index in [9.17, 15) is 4.79 Å². The minimum Gasteiger partial charge on any atom is -0.492 e. The molecule has 1 N–H and O–H groups in total. The van der Waals surface area contributed by atoms with Crippen LogP contribution in [0.15, 0.2) is 42.5 Å². The lowest BCUT2D eigenvalue weighted by Crippen LogP contribution is -2.13. The number of rotatable bonds is 6. The van der Waals surface area contributed by atoms with Gasteiger partial charge in [0.1, 0.15) is 17.6 Å². The van der Waals surface area contributed by atoms with Gasteiger partial charge in [-0.3, -0.25) is 4.79 Å². The van der Waals surface area contributed by atoms with E-state index in [1.54, 1.807) is 0 Å². The molecule has 1 atom stereocenters. The Balaban J connectivity index is 1.69. The second-order valence-electron chi connectivity index (χ2n) is 6.06. The van der Waals surface area contributed by atoms with Gasteiger partial charge in [-0.05, 0) is 31.9 Å². The Morgan fingerprint density at radius 1 is 1.29 bits per heavy atom. The molecule has 126 valence electrons. The zero-order valence-corrected chi connectivity index (χ0v) is 14.2. The topological polar surface area (TPSA) is 47.6 Å². The van der Waals surface area contributed by atoms with Crippen molar-refractivity contribution < 1.29 is 14.3 Å². The Hall–Kier alpha value is -2.49. The van der Waals surface area contributed by atoms with Crippen LogP contribution < -0.4 is 14.8 Å². The summed E-state index contributed by atoms with van der Waals surface area (Å²) in [5.41, 5.74) is 2.97. The van der Waals surface area contributed by atoms with E-state index in [4.69, 9.17) is 9.47 Å². The SMILES string of the molecule is CCOc1cc2c(cc1NC(=O)CCc1ccccc1)OC(C)C2. The van der Waals surface area contributed by atoms with Crippen molar-refractivity contribution in [1.82, 2.24) is 0 Å². The number of nitrogens with one attached hydrogen (secondary N) is 1. The van der Waals surface area contributed by atoms with E-state index in [0.717, 1.165) is 29.7 Å². The van der Waals surface area contributed by atoms with Crippen molar-refractivity contribution in [2.45, 2.75) is 39.2 Å². The van der Waals surface area contributed by atoms with E-state index in [1.807, 2.05) is 56.3 Å². The van der Waals surface area contributed by atoms with Crippen LogP contribution in [0.25, 0.3) is 0 Å². The second-order valence-corrected chi connectivity index (χ2v) is 6.06. The fraction of sp³-hybridized carbons (Fsp3) is 0.350. The first-order valence-corrected chi connectivity index (χ1v) is 8.46. The van der Waals surface area contributed by atoms with E-state index < -0.39 is 0 Å². The van der Waals surface area contributed by atoms with Gasteiger partial charge in [-0.2, -0.15) is 0 Å². The molecule has 4 nitrogen and oxygen atoms in total. The van der Waals surface area contributed by atoms with Crippen LogP contribution in [0.4, 0.5) is 5.69 Å². The number of carbonyl (C=O) groups is 1. The summed E-state index contributed by atoms with van der Waals surface area (Å²) < 4.78 is 11.5. The van der Waals surface area contributed by atoms with Crippen LogP contribution >= 0.6 is 0 Å². The first-order valence-electron chi connectivity index (χ1n) is 8.46. The number of carbonyl (C=O) groups excluding carboxylic acids is 1. The van der Waals surface area contributed by atoms with E-state index in [0.29, 0.717) is 24.5 Å². The van der Waals surface area contributed by atoms with Crippen LogP contribution in [-0.2, 0) is 17.6 Å². The molecule has 24 heavy (non-hydrogen) atoms. The van der Waals surface area contributed by atoms with E-state index >= 15 is 0 Å². The van der Waals surface area contributed by atoms with Crippen LogP contribution in [0.1, 0.15) is 31.4 Å². The van der Waals surface area contributed by atoms with Crippen LogP contribution in [0.3, 0.4) is 0 Å². The fourth-order valence-corrected chi connectivity index (χ4v) is 2.93. The van der Waals surface area contributed by atoms with Gasteiger partial charge >= 0.3 is 0 Å². The molecule has 3 rings (SSSR count). The number of hydrogen-bond acceptors (Lipinski definition) is 3. The molecule has 1 aliphatic rings. The molecule has 0 spiro atoms. The molecule has 2 aromatic rings. The highest BCUT2D eigenvalue weighted by molar-refractivity contribution is 5.92. The third-order valence-electron chi connectivity index (χ3n) is 4.06. The van der Waals surface area contributed by atoms with Gasteiger partial charge in [0.2, 0.25) is 5.91 Å². The Morgan fingerprint density at radius 3 is 2.83 bits per heavy atom. The Bertz CT molecular complexity index is 712. The van der Waals surface area contributed by atoms with Crippen molar-refractivity contribution in [3.05, 3.63) is 53.6 Å². The normalized spacial score (nSPS) is 15.5. The number of benzene rings is 2. The standard InChI is InChI=1S/C20H23NO3/c1-3-23-19-12-16-11-14(2)24-18(16)13-17(19)21-20(22)10-9-15-7-5-4-6-8-15/h4-8,12-14H,3,9-11H2,1-2H3,(H,21,22). The Morgan fingerprint density at radius 2 is 2.08 bits per heavy atom. The van der Waals surface area contributed by atoms with Crippen molar-refractivity contribution in [2.24, 2.45) is 0 Å². The molecule has 0 fully saturated rings. The van der Waals surface area contributed by atoms with Crippen molar-refractivity contribution in [3.63, 3.8) is 0 Å². The highest BCUT2D eigenvalue weighted by Gasteiger charge is 2.22. The first-order chi connectivity index (χ1) is 11.7. The van der Waals surface area contributed by atoms with Crippen LogP contribution in [-0.4, -0.2) is 18.6 Å². The molecule has 0 saturated carbocycles. The molecule has 0 saturated heterocycles. The number of amides is 1. The highest BCUT2D eigenvalue weighted by atomic mass is 16.5. The van der Waals surface area contributed by atoms with Gasteiger partial charge in [-0.15, -0.1) is 0 Å². The van der Waals surface area contributed by atoms with Crippen molar-refractivity contribution in [3.8, 4) is 11.5 Å². The van der Waals surface area contributed by atoms with Gasteiger partial charge in [-0.25, -0.2) is 0 Å². The average Bonchev–Trinajstić information content (AvgIpc) is 2.93. The summed E-state index contributed by atoms with van der Waals surface area (Å²) in [6, 6.07) is 13.9. The quantitative estimate of drug-likeness (QED) is 0.874. The third kappa shape index (κ3) is 3.88. The maximum atomic E-state index is 12.3. The fourth-order valence-electron chi connectivity index (χ4n) is 2.93. The van der Waals surface area contributed by atoms with E-state index in [-0.39, 0.29) is 12.0 Å². The summed E-state index contributed by atoms with van der Waals surface area (Å²) in [6.45, 7) is 4.54. The van der Waals surface area contributed by atoms with Gasteiger partial charge in [-0.1, -0.05) is 30.3 Å². The van der Waals surface area contributed by atoms with Gasteiger partial charge < -0.3 is 14.8 Å². The lowest BCUT2D eigenvalue weighted by Gasteiger charge is -2.13. The van der Waals surface area contributed by atoms with Gasteiger partial charge in [0.15, 0.2) is 0 Å². The number of hydrogen-bond donors (Lipinski definition) is 1. The lowest BCUT2D eigenvalue weighted by atomic mass is 10.1. The molecule has 1 aliphatic heterocycles. The predicted octanol–water partition coefficient (Wildman–Crippen LogP) is 3.98. The zero-order valence-electron chi connectivity index (χ0n) is 14.2. The molecule has 1 unspecified atom stereocenters. The molecule has 1 heterocycles. The molecule has 0 bridgehead atoms. The average molecular weight is 325 g/mol. The number of fused-ring (bicyclic) bond motifs is 1. The van der Waals surface area contributed by atoms with Crippen LogP contribution in [0.2, 0.25) is 0 Å². The molecule has 0 radical (unpaired) electrons. The summed E-state index contributed by atoms with van der Waals surface area (Å²) in [4.78, 5) is 12.3. The smallest absolute Gasteiger partial charge is 0.224 e. The molecular weight excluding hydrogens is 302 g/mol. The molecule has 1 amide bonds. The summed E-state index contributed by atoms with van der Waals surface area (Å²) in [5.74, 6) is 1.53. The van der Waals surface area contributed by atoms with Gasteiger partial charge in [0.25, 0.3) is 0 Å². The highest BCUT2D eigenvalue weighted by Crippen LogP contribution is 2.38. The molecule has 0 aliphatic carbocycles. The molecule has 0 aromatic heterocycles. The first kappa shape index (κ1) is 16.4. The van der Waals surface area contributed by atoms with Crippen LogP contribution in [0, 0.1) is 0 Å². The summed E-state index contributed by atoms with van der Waals surface area (Å²) >= 11 is 0. The summed E-state index contributed by atoms with van der Waals surface area (Å²) in [7, 11) is 0. The van der Waals surface area contributed by atoms with Crippen molar-refractivity contribution >= 4 is 11.6 Å². The Labute approximate surface area is 142 Å². The lowest BCUT2D eigenvalue weighted by molar-refractivity contribution is -0.116. The van der Waals surface area contributed by atoms with Gasteiger partial charge in [0.05, 0.1) is 12.3 Å². The Kier molecular flexibility index (Phi) is 5.04. The maximum absolute atomic E-state index is 12.3. The van der Waals surface area contributed by atoms with Crippen molar-refractivity contribution in [1.29, 1.82) is 0 Å². The molecule has 2 aromatic carbocycles. The number of aryl methyl sites for hydroxylation is 1. The summed E-state index contributed by atoms with van der Waals surface area (Å²) in [5, 5.41) is 2.97. The largest absolute Gasteiger partial charge is 0.492 e. The van der Waals surface area contributed by atoms with E-state index in [2.05, 4.69) is 5.32 Å². The molecular formula is C20H23NO3. The number of ether oxygens (including phenoxy) is 2. The molecule has 4 heteroatoms. The summed E-state index contributed by atoms with van der Waals surface area (Å²) in [6.07, 6.45) is 2.19. The predicted molar refractivity (Wildman–Crippen MR) is 94.8 cm³/mol. The maximum Gasteiger partial charge on any atom is 0.224 e. The van der Waals surface area contributed by atoms with Gasteiger partial charge in [0, 0.05) is 24.5 Å². The van der Waals surface area contributed by atoms with E-state index in [1.165, 1.54) is 0 Å². The van der Waals surface area contributed by atoms with Crippen molar-refractivity contribution in [2.75, 3.05) is 11.9 Å². The minimum atomic E-state index is -0.0224. The monoisotopic (exact) mass is 325 g/mol. The zero-order chi connectivity index (χ0) is 16.9. The van der Waals surface area contributed by atoms with Crippen LogP contribution in [0.5, 0.6) is 11.5 Å². The number of anilines is 1. The second kappa shape index (κ2) is 7.39.